The third kappa shape index (κ3) is 4.44. The summed E-state index contributed by atoms with van der Waals surface area (Å²) < 4.78 is 0. The molecule has 0 aromatic carbocycles. The quantitative estimate of drug-likeness (QED) is 0.580. The van der Waals surface area contributed by atoms with Gasteiger partial charge in [0.15, 0.2) is 0 Å². The fraction of sp³-hybridized carbons (Fsp3) is 0.917. The standard InChI is InChI=1S/C12H23N/c1-11-9-7-5-3-2-4-6-8-10-12(11)13/h11,13H,2-10H2,1H3. The Morgan fingerprint density at radius 2 is 1.46 bits per heavy atom. The van der Waals surface area contributed by atoms with Crippen LogP contribution in [0.15, 0.2) is 0 Å². The molecule has 0 spiro atoms. The van der Waals surface area contributed by atoms with Gasteiger partial charge in [0.25, 0.3) is 0 Å². The fourth-order valence-corrected chi connectivity index (χ4v) is 2.07. The summed E-state index contributed by atoms with van der Waals surface area (Å²) in [5.41, 5.74) is 1.00. The highest BCUT2D eigenvalue weighted by Gasteiger charge is 2.09. The summed E-state index contributed by atoms with van der Waals surface area (Å²) in [6.07, 6.45) is 11.9. The molecule has 1 aliphatic rings. The van der Waals surface area contributed by atoms with Crippen molar-refractivity contribution in [2.45, 2.75) is 64.7 Å². The summed E-state index contributed by atoms with van der Waals surface area (Å²) in [6, 6.07) is 0. The SMILES string of the molecule is CC1CCCCCCCCCC1=N. The van der Waals surface area contributed by atoms with Crippen molar-refractivity contribution in [2.75, 3.05) is 0 Å². The van der Waals surface area contributed by atoms with Crippen LogP contribution < -0.4 is 0 Å². The average molecular weight is 181 g/mol. The molecule has 0 radical (unpaired) electrons. The molecule has 1 nitrogen and oxygen atoms in total. The van der Waals surface area contributed by atoms with Crippen LogP contribution in [0.25, 0.3) is 0 Å². The molecule has 0 saturated heterocycles. The van der Waals surface area contributed by atoms with E-state index in [0.717, 1.165) is 12.1 Å². The number of nitrogens with one attached hydrogen (secondary N) is 1. The molecule has 13 heavy (non-hydrogen) atoms. The van der Waals surface area contributed by atoms with Gasteiger partial charge in [-0.1, -0.05) is 45.4 Å². The molecule has 1 fully saturated rings. The van der Waals surface area contributed by atoms with Crippen molar-refractivity contribution in [3.05, 3.63) is 0 Å². The van der Waals surface area contributed by atoms with Gasteiger partial charge in [0.05, 0.1) is 0 Å². The Bertz CT molecular complexity index is 151. The van der Waals surface area contributed by atoms with Gasteiger partial charge in [0.2, 0.25) is 0 Å². The molecule has 0 aliphatic heterocycles. The lowest BCUT2D eigenvalue weighted by atomic mass is 9.95. The summed E-state index contributed by atoms with van der Waals surface area (Å²) in [5.74, 6) is 0.554. The highest BCUT2D eigenvalue weighted by Crippen LogP contribution is 2.18. The van der Waals surface area contributed by atoms with E-state index in [1.165, 1.54) is 51.4 Å². The van der Waals surface area contributed by atoms with Crippen LogP contribution in [0.5, 0.6) is 0 Å². The number of rotatable bonds is 0. The molecular weight excluding hydrogens is 158 g/mol. The van der Waals surface area contributed by atoms with E-state index >= 15 is 0 Å². The molecule has 1 saturated carbocycles. The molecule has 0 aromatic rings. The Kier molecular flexibility index (Phi) is 5.10. The van der Waals surface area contributed by atoms with Crippen LogP contribution in [0.2, 0.25) is 0 Å². The van der Waals surface area contributed by atoms with Crippen LogP contribution in [-0.4, -0.2) is 5.71 Å². The first kappa shape index (κ1) is 10.7. The normalized spacial score (nSPS) is 28.1. The fourth-order valence-electron chi connectivity index (χ4n) is 2.07. The predicted octanol–water partition coefficient (Wildman–Crippen LogP) is 4.17. The van der Waals surface area contributed by atoms with E-state index in [0.29, 0.717) is 5.92 Å². The Morgan fingerprint density at radius 1 is 0.923 bits per heavy atom. The largest absolute Gasteiger partial charge is 0.309 e. The Balaban J connectivity index is 2.31. The van der Waals surface area contributed by atoms with E-state index in [9.17, 15) is 0 Å². The Morgan fingerprint density at radius 3 is 2.15 bits per heavy atom. The summed E-state index contributed by atoms with van der Waals surface area (Å²) in [5, 5.41) is 7.87. The maximum atomic E-state index is 7.87. The lowest BCUT2D eigenvalue weighted by Crippen LogP contribution is -2.09. The first-order chi connectivity index (χ1) is 6.30. The van der Waals surface area contributed by atoms with Gasteiger partial charge in [-0.15, -0.1) is 0 Å². The van der Waals surface area contributed by atoms with Crippen LogP contribution in [0.4, 0.5) is 0 Å². The minimum atomic E-state index is 0.554. The summed E-state index contributed by atoms with van der Waals surface area (Å²) in [7, 11) is 0. The predicted molar refractivity (Wildman–Crippen MR) is 58.4 cm³/mol. The molecule has 1 rings (SSSR count). The topological polar surface area (TPSA) is 23.9 Å². The van der Waals surface area contributed by atoms with Gasteiger partial charge in [-0.2, -0.15) is 0 Å². The van der Waals surface area contributed by atoms with Gasteiger partial charge in [-0.3, -0.25) is 0 Å². The van der Waals surface area contributed by atoms with Crippen molar-refractivity contribution in [3.8, 4) is 0 Å². The average Bonchev–Trinajstić information content (AvgIpc) is 2.16. The van der Waals surface area contributed by atoms with Crippen molar-refractivity contribution in [2.24, 2.45) is 5.92 Å². The summed E-state index contributed by atoms with van der Waals surface area (Å²) in [4.78, 5) is 0. The Labute approximate surface area is 82.4 Å². The zero-order chi connectivity index (χ0) is 9.52. The van der Waals surface area contributed by atoms with Gasteiger partial charge in [0, 0.05) is 5.71 Å². The number of hydrogen-bond donors (Lipinski definition) is 1. The highest BCUT2D eigenvalue weighted by atomic mass is 14.4. The summed E-state index contributed by atoms with van der Waals surface area (Å²) >= 11 is 0. The first-order valence-corrected chi connectivity index (χ1v) is 5.88. The molecule has 1 atom stereocenters. The van der Waals surface area contributed by atoms with E-state index in [2.05, 4.69) is 6.92 Å². The third-order valence-electron chi connectivity index (χ3n) is 3.18. The molecule has 1 N–H and O–H groups in total. The maximum absolute atomic E-state index is 7.87. The van der Waals surface area contributed by atoms with Gasteiger partial charge in [-0.05, 0) is 25.2 Å². The lowest BCUT2D eigenvalue weighted by Gasteiger charge is -2.11. The van der Waals surface area contributed by atoms with Gasteiger partial charge >= 0.3 is 0 Å². The summed E-state index contributed by atoms with van der Waals surface area (Å²) in [6.45, 7) is 2.22. The lowest BCUT2D eigenvalue weighted by molar-refractivity contribution is 0.559. The van der Waals surface area contributed by atoms with Gasteiger partial charge in [0.1, 0.15) is 0 Å². The molecule has 1 unspecified atom stereocenters. The van der Waals surface area contributed by atoms with E-state index in [1.807, 2.05) is 0 Å². The first-order valence-electron chi connectivity index (χ1n) is 5.88. The zero-order valence-corrected chi connectivity index (χ0v) is 8.94. The monoisotopic (exact) mass is 181 g/mol. The molecule has 1 aliphatic carbocycles. The van der Waals surface area contributed by atoms with Gasteiger partial charge < -0.3 is 5.41 Å². The minimum absolute atomic E-state index is 0.554. The second kappa shape index (κ2) is 6.17. The van der Waals surface area contributed by atoms with Gasteiger partial charge in [-0.25, -0.2) is 0 Å². The second-order valence-electron chi connectivity index (χ2n) is 4.44. The highest BCUT2D eigenvalue weighted by molar-refractivity contribution is 5.83. The smallest absolute Gasteiger partial charge is 0.0117 e. The van der Waals surface area contributed by atoms with Crippen LogP contribution in [-0.2, 0) is 0 Å². The van der Waals surface area contributed by atoms with Crippen LogP contribution in [0.3, 0.4) is 0 Å². The van der Waals surface area contributed by atoms with Crippen LogP contribution in [0, 0.1) is 11.3 Å². The van der Waals surface area contributed by atoms with Crippen molar-refractivity contribution >= 4 is 5.71 Å². The zero-order valence-electron chi connectivity index (χ0n) is 8.94. The van der Waals surface area contributed by atoms with Crippen molar-refractivity contribution < 1.29 is 0 Å². The number of hydrogen-bond acceptors (Lipinski definition) is 1. The third-order valence-corrected chi connectivity index (χ3v) is 3.18. The molecule has 0 bridgehead atoms. The van der Waals surface area contributed by atoms with Crippen molar-refractivity contribution in [3.63, 3.8) is 0 Å². The van der Waals surface area contributed by atoms with E-state index in [-0.39, 0.29) is 0 Å². The molecule has 76 valence electrons. The van der Waals surface area contributed by atoms with E-state index in [4.69, 9.17) is 5.41 Å². The second-order valence-corrected chi connectivity index (χ2v) is 4.44. The Hall–Kier alpha value is -0.330. The van der Waals surface area contributed by atoms with E-state index < -0.39 is 0 Å². The van der Waals surface area contributed by atoms with Crippen molar-refractivity contribution in [1.82, 2.24) is 0 Å². The van der Waals surface area contributed by atoms with Crippen LogP contribution in [0.1, 0.15) is 64.7 Å². The molecule has 0 heterocycles. The van der Waals surface area contributed by atoms with Crippen LogP contribution >= 0.6 is 0 Å². The maximum Gasteiger partial charge on any atom is 0.0117 e. The molecular formula is C12H23N. The minimum Gasteiger partial charge on any atom is -0.309 e. The van der Waals surface area contributed by atoms with Crippen molar-refractivity contribution in [1.29, 1.82) is 5.41 Å². The molecule has 1 heteroatoms. The molecule has 0 aromatic heterocycles. The molecule has 0 amide bonds. The van der Waals surface area contributed by atoms with E-state index in [1.54, 1.807) is 0 Å².